The number of aromatic carboxylic acids is 1. The van der Waals surface area contributed by atoms with Crippen molar-refractivity contribution in [2.24, 2.45) is 0 Å². The van der Waals surface area contributed by atoms with Crippen molar-refractivity contribution in [3.05, 3.63) is 47.7 Å². The van der Waals surface area contributed by atoms with Gasteiger partial charge in [-0.05, 0) is 30.3 Å². The number of benzene rings is 1. The van der Waals surface area contributed by atoms with E-state index in [1.807, 2.05) is 6.07 Å². The molecule has 2 aromatic rings. The van der Waals surface area contributed by atoms with Crippen LogP contribution in [0.4, 0.5) is 5.69 Å². The minimum atomic E-state index is -1.03. The Morgan fingerprint density at radius 1 is 1.40 bits per heavy atom. The first kappa shape index (κ1) is 13.7. The third-order valence-corrected chi connectivity index (χ3v) is 2.68. The molecule has 3 N–H and O–H groups in total. The number of aromatic nitrogens is 1. The smallest absolute Gasteiger partial charge is 0.335 e. The van der Waals surface area contributed by atoms with Crippen molar-refractivity contribution >= 4 is 11.7 Å². The Morgan fingerprint density at radius 3 is 2.85 bits per heavy atom. The van der Waals surface area contributed by atoms with Crippen molar-refractivity contribution in [2.75, 3.05) is 12.8 Å². The van der Waals surface area contributed by atoms with Crippen molar-refractivity contribution < 1.29 is 19.4 Å². The van der Waals surface area contributed by atoms with Gasteiger partial charge in [-0.2, -0.15) is 0 Å². The third-order valence-electron chi connectivity index (χ3n) is 2.68. The zero-order valence-electron chi connectivity index (χ0n) is 10.9. The van der Waals surface area contributed by atoms with E-state index in [9.17, 15) is 4.79 Å². The standard InChI is InChI=1S/C14H14N2O4/c1-19-13-10(3-2-6-16-13)8-20-12-5-4-9(14(17)18)7-11(12)15/h2-7H,8,15H2,1H3,(H,17,18). The maximum absolute atomic E-state index is 10.8. The first-order valence-electron chi connectivity index (χ1n) is 5.85. The Hall–Kier alpha value is -2.76. The van der Waals surface area contributed by atoms with Crippen LogP contribution in [0.1, 0.15) is 15.9 Å². The molecule has 1 heterocycles. The molecule has 0 unspecified atom stereocenters. The lowest BCUT2D eigenvalue weighted by atomic mass is 10.2. The van der Waals surface area contributed by atoms with Crippen LogP contribution in [-0.2, 0) is 6.61 Å². The van der Waals surface area contributed by atoms with Gasteiger partial charge in [0.25, 0.3) is 0 Å². The molecule has 104 valence electrons. The lowest BCUT2D eigenvalue weighted by Gasteiger charge is -2.11. The average molecular weight is 274 g/mol. The molecule has 0 bridgehead atoms. The molecule has 2 rings (SSSR count). The molecular formula is C14H14N2O4. The summed E-state index contributed by atoms with van der Waals surface area (Å²) in [5, 5.41) is 8.86. The zero-order valence-corrected chi connectivity index (χ0v) is 10.9. The molecule has 0 amide bonds. The minimum absolute atomic E-state index is 0.119. The highest BCUT2D eigenvalue weighted by Crippen LogP contribution is 2.25. The van der Waals surface area contributed by atoms with E-state index in [1.54, 1.807) is 12.3 Å². The summed E-state index contributed by atoms with van der Waals surface area (Å²) in [5.74, 6) is -0.133. The van der Waals surface area contributed by atoms with Gasteiger partial charge in [0.15, 0.2) is 0 Å². The number of nitrogen functional groups attached to an aromatic ring is 1. The van der Waals surface area contributed by atoms with E-state index in [4.69, 9.17) is 20.3 Å². The van der Waals surface area contributed by atoms with Crippen molar-refractivity contribution in [1.29, 1.82) is 0 Å². The van der Waals surface area contributed by atoms with Crippen molar-refractivity contribution in [3.63, 3.8) is 0 Å². The molecule has 0 saturated carbocycles. The van der Waals surface area contributed by atoms with E-state index in [-0.39, 0.29) is 17.9 Å². The summed E-state index contributed by atoms with van der Waals surface area (Å²) < 4.78 is 10.7. The quantitative estimate of drug-likeness (QED) is 0.809. The molecule has 0 saturated heterocycles. The van der Waals surface area contributed by atoms with Crippen LogP contribution in [0.3, 0.4) is 0 Å². The van der Waals surface area contributed by atoms with E-state index in [0.717, 1.165) is 5.56 Å². The minimum Gasteiger partial charge on any atom is -0.487 e. The molecule has 6 heteroatoms. The summed E-state index contributed by atoms with van der Waals surface area (Å²) in [6, 6.07) is 7.93. The molecule has 0 aliphatic rings. The maximum atomic E-state index is 10.8. The zero-order chi connectivity index (χ0) is 14.5. The van der Waals surface area contributed by atoms with Crippen LogP contribution in [0.2, 0.25) is 0 Å². The van der Waals surface area contributed by atoms with E-state index < -0.39 is 5.97 Å². The number of pyridine rings is 1. The fourth-order valence-corrected chi connectivity index (χ4v) is 1.69. The number of carboxylic acids is 1. The second kappa shape index (κ2) is 5.92. The van der Waals surface area contributed by atoms with E-state index in [1.165, 1.54) is 25.3 Å². The number of methoxy groups -OCH3 is 1. The van der Waals surface area contributed by atoms with Crippen LogP contribution in [0, 0.1) is 0 Å². The van der Waals surface area contributed by atoms with Gasteiger partial charge in [0, 0.05) is 6.20 Å². The Kier molecular flexibility index (Phi) is 4.05. The predicted octanol–water partition coefficient (Wildman–Crippen LogP) is 1.95. The van der Waals surface area contributed by atoms with Gasteiger partial charge in [-0.3, -0.25) is 0 Å². The average Bonchev–Trinajstić information content (AvgIpc) is 2.46. The highest BCUT2D eigenvalue weighted by molar-refractivity contribution is 5.89. The number of hydrogen-bond donors (Lipinski definition) is 2. The molecule has 20 heavy (non-hydrogen) atoms. The van der Waals surface area contributed by atoms with Crippen molar-refractivity contribution in [2.45, 2.75) is 6.61 Å². The Labute approximate surface area is 115 Å². The number of anilines is 1. The van der Waals surface area contributed by atoms with Crippen molar-refractivity contribution in [1.82, 2.24) is 4.98 Å². The van der Waals surface area contributed by atoms with E-state index in [0.29, 0.717) is 11.6 Å². The number of rotatable bonds is 5. The molecule has 6 nitrogen and oxygen atoms in total. The number of hydrogen-bond acceptors (Lipinski definition) is 5. The summed E-state index contributed by atoms with van der Waals surface area (Å²) in [6.45, 7) is 0.230. The number of nitrogens with zero attached hydrogens (tertiary/aromatic N) is 1. The summed E-state index contributed by atoms with van der Waals surface area (Å²) in [5.41, 5.74) is 6.92. The molecule has 0 aliphatic carbocycles. The van der Waals surface area contributed by atoms with E-state index in [2.05, 4.69) is 4.98 Å². The van der Waals surface area contributed by atoms with Crippen LogP contribution in [0.5, 0.6) is 11.6 Å². The summed E-state index contributed by atoms with van der Waals surface area (Å²) in [6.07, 6.45) is 1.62. The molecule has 0 atom stereocenters. The summed E-state index contributed by atoms with van der Waals surface area (Å²) >= 11 is 0. The molecule has 1 aromatic heterocycles. The van der Waals surface area contributed by atoms with Gasteiger partial charge in [-0.15, -0.1) is 0 Å². The number of nitrogens with two attached hydrogens (primary N) is 1. The summed E-state index contributed by atoms with van der Waals surface area (Å²) in [4.78, 5) is 14.9. The van der Waals surface area contributed by atoms with Crippen molar-refractivity contribution in [3.8, 4) is 11.6 Å². The second-order valence-electron chi connectivity index (χ2n) is 4.02. The van der Waals surface area contributed by atoms with Gasteiger partial charge in [0.05, 0.1) is 23.9 Å². The fraction of sp³-hybridized carbons (Fsp3) is 0.143. The summed E-state index contributed by atoms with van der Waals surface area (Å²) in [7, 11) is 1.53. The van der Waals surface area contributed by atoms with Crippen LogP contribution in [0.15, 0.2) is 36.5 Å². The normalized spacial score (nSPS) is 10.1. The predicted molar refractivity (Wildman–Crippen MR) is 72.9 cm³/mol. The lowest BCUT2D eigenvalue weighted by molar-refractivity contribution is 0.0697. The van der Waals surface area contributed by atoms with Gasteiger partial charge in [0.1, 0.15) is 12.4 Å². The monoisotopic (exact) mass is 274 g/mol. The number of ether oxygens (including phenoxy) is 2. The van der Waals surface area contributed by atoms with Crippen LogP contribution < -0.4 is 15.2 Å². The Balaban J connectivity index is 2.13. The highest BCUT2D eigenvalue weighted by Gasteiger charge is 2.09. The number of carbonyl (C=O) groups is 1. The van der Waals surface area contributed by atoms with Crippen LogP contribution in [0.25, 0.3) is 0 Å². The largest absolute Gasteiger partial charge is 0.487 e. The first-order valence-corrected chi connectivity index (χ1v) is 5.85. The van der Waals surface area contributed by atoms with E-state index >= 15 is 0 Å². The van der Waals surface area contributed by atoms with Gasteiger partial charge in [-0.1, -0.05) is 0 Å². The highest BCUT2D eigenvalue weighted by atomic mass is 16.5. The molecule has 0 fully saturated rings. The van der Waals surface area contributed by atoms with Crippen LogP contribution >= 0.6 is 0 Å². The molecule has 0 spiro atoms. The van der Waals surface area contributed by atoms with Gasteiger partial charge >= 0.3 is 5.97 Å². The SMILES string of the molecule is COc1ncccc1COc1ccc(C(=O)O)cc1N. The lowest BCUT2D eigenvalue weighted by Crippen LogP contribution is -2.03. The molecule has 0 aliphatic heterocycles. The maximum Gasteiger partial charge on any atom is 0.335 e. The second-order valence-corrected chi connectivity index (χ2v) is 4.02. The molecule has 1 aromatic carbocycles. The van der Waals surface area contributed by atoms with Crippen LogP contribution in [-0.4, -0.2) is 23.2 Å². The molecule has 0 radical (unpaired) electrons. The van der Waals surface area contributed by atoms with Gasteiger partial charge in [0.2, 0.25) is 5.88 Å². The fourth-order valence-electron chi connectivity index (χ4n) is 1.69. The Morgan fingerprint density at radius 2 is 2.20 bits per heavy atom. The third kappa shape index (κ3) is 2.97. The first-order chi connectivity index (χ1) is 9.61. The van der Waals surface area contributed by atoms with Gasteiger partial charge in [-0.25, -0.2) is 9.78 Å². The molecular weight excluding hydrogens is 260 g/mol. The number of carboxylic acid groups (broad SMARTS) is 1. The topological polar surface area (TPSA) is 94.7 Å². The Bertz CT molecular complexity index is 628. The van der Waals surface area contributed by atoms with Gasteiger partial charge < -0.3 is 20.3 Å².